The van der Waals surface area contributed by atoms with Gasteiger partial charge in [0.15, 0.2) is 0 Å². The van der Waals surface area contributed by atoms with E-state index in [1.165, 1.54) is 6.33 Å². The minimum absolute atomic E-state index is 0.393. The van der Waals surface area contributed by atoms with E-state index in [4.69, 9.17) is 15.2 Å². The summed E-state index contributed by atoms with van der Waals surface area (Å²) in [6.07, 6.45) is 1.41. The summed E-state index contributed by atoms with van der Waals surface area (Å²) in [6.45, 7) is 0.544. The number of hydrogen-bond donors (Lipinski definition) is 2. The van der Waals surface area contributed by atoms with Gasteiger partial charge in [0.1, 0.15) is 33.9 Å². The molecule has 0 aliphatic rings. The van der Waals surface area contributed by atoms with Crippen LogP contribution >= 0.6 is 15.9 Å². The summed E-state index contributed by atoms with van der Waals surface area (Å²) in [5.41, 5.74) is 6.69. The first-order valence-electron chi connectivity index (χ1n) is 5.86. The Bertz CT molecular complexity index is 607. The highest BCUT2D eigenvalue weighted by molar-refractivity contribution is 9.10. The predicted octanol–water partition coefficient (Wildman–Crippen LogP) is 2.45. The van der Waals surface area contributed by atoms with E-state index < -0.39 is 0 Å². The van der Waals surface area contributed by atoms with Crippen molar-refractivity contribution in [2.24, 2.45) is 0 Å². The number of rotatable bonds is 5. The Balaban J connectivity index is 2.16. The van der Waals surface area contributed by atoms with Crippen LogP contribution in [-0.4, -0.2) is 24.2 Å². The molecule has 0 spiro atoms. The number of nitrogens with one attached hydrogen (secondary N) is 1. The van der Waals surface area contributed by atoms with Gasteiger partial charge in [-0.05, 0) is 28.1 Å². The molecule has 0 atom stereocenters. The lowest BCUT2D eigenvalue weighted by molar-refractivity contribution is 0.391. The molecule has 20 heavy (non-hydrogen) atoms. The summed E-state index contributed by atoms with van der Waals surface area (Å²) >= 11 is 3.35. The van der Waals surface area contributed by atoms with Gasteiger partial charge in [-0.2, -0.15) is 0 Å². The number of nitrogens with two attached hydrogens (primary N) is 1. The third-order valence-electron chi connectivity index (χ3n) is 2.76. The molecule has 106 valence electrons. The standard InChI is InChI=1S/C13H15BrN4O2/c1-19-9-4-3-8(10(5-9)20-2)6-16-13-11(14)12(15)17-7-18-13/h3-5,7H,6H2,1-2H3,(H3,15,16,17,18). The van der Waals surface area contributed by atoms with E-state index >= 15 is 0 Å². The average molecular weight is 339 g/mol. The van der Waals surface area contributed by atoms with Crippen molar-refractivity contribution in [3.05, 3.63) is 34.6 Å². The quantitative estimate of drug-likeness (QED) is 0.871. The first-order valence-corrected chi connectivity index (χ1v) is 6.65. The molecule has 0 aliphatic carbocycles. The fraction of sp³-hybridized carbons (Fsp3) is 0.231. The van der Waals surface area contributed by atoms with Gasteiger partial charge in [-0.15, -0.1) is 0 Å². The van der Waals surface area contributed by atoms with Gasteiger partial charge in [0.25, 0.3) is 0 Å². The summed E-state index contributed by atoms with van der Waals surface area (Å²) in [6, 6.07) is 5.65. The third-order valence-corrected chi connectivity index (χ3v) is 3.54. The Morgan fingerprint density at radius 3 is 2.75 bits per heavy atom. The van der Waals surface area contributed by atoms with Crippen LogP contribution in [0.2, 0.25) is 0 Å². The van der Waals surface area contributed by atoms with E-state index in [-0.39, 0.29) is 0 Å². The van der Waals surface area contributed by atoms with Gasteiger partial charge in [0, 0.05) is 18.2 Å². The fourth-order valence-electron chi connectivity index (χ4n) is 1.68. The van der Waals surface area contributed by atoms with E-state index in [1.807, 2.05) is 18.2 Å². The summed E-state index contributed by atoms with van der Waals surface area (Å²) in [4.78, 5) is 8.02. The first-order chi connectivity index (χ1) is 9.65. The van der Waals surface area contributed by atoms with Crippen LogP contribution in [0.25, 0.3) is 0 Å². The highest BCUT2D eigenvalue weighted by Gasteiger charge is 2.08. The van der Waals surface area contributed by atoms with Crippen molar-refractivity contribution in [3.8, 4) is 11.5 Å². The second-order valence-electron chi connectivity index (χ2n) is 3.95. The number of ether oxygens (including phenoxy) is 2. The van der Waals surface area contributed by atoms with E-state index in [0.717, 1.165) is 17.1 Å². The van der Waals surface area contributed by atoms with Crippen LogP contribution in [-0.2, 0) is 6.54 Å². The molecular weight excluding hydrogens is 324 g/mol. The van der Waals surface area contributed by atoms with Crippen LogP contribution in [0.15, 0.2) is 29.0 Å². The van der Waals surface area contributed by atoms with E-state index in [0.29, 0.717) is 22.7 Å². The predicted molar refractivity (Wildman–Crippen MR) is 81.0 cm³/mol. The van der Waals surface area contributed by atoms with Gasteiger partial charge >= 0.3 is 0 Å². The van der Waals surface area contributed by atoms with Crippen LogP contribution in [0.1, 0.15) is 5.56 Å². The highest BCUT2D eigenvalue weighted by Crippen LogP contribution is 2.27. The largest absolute Gasteiger partial charge is 0.497 e. The maximum Gasteiger partial charge on any atom is 0.146 e. The summed E-state index contributed by atoms with van der Waals surface area (Å²) in [5.74, 6) is 2.52. The Morgan fingerprint density at radius 1 is 1.25 bits per heavy atom. The van der Waals surface area contributed by atoms with Crippen LogP contribution < -0.4 is 20.5 Å². The number of nitrogens with zero attached hydrogens (tertiary/aromatic N) is 2. The van der Waals surface area contributed by atoms with Gasteiger partial charge in [-0.1, -0.05) is 0 Å². The second kappa shape index (κ2) is 6.42. The highest BCUT2D eigenvalue weighted by atomic mass is 79.9. The monoisotopic (exact) mass is 338 g/mol. The van der Waals surface area contributed by atoms with E-state index in [2.05, 4.69) is 31.2 Å². The summed E-state index contributed by atoms with van der Waals surface area (Å²) in [7, 11) is 3.24. The lowest BCUT2D eigenvalue weighted by Crippen LogP contribution is -2.06. The zero-order valence-electron chi connectivity index (χ0n) is 11.2. The molecular formula is C13H15BrN4O2. The van der Waals surface area contributed by atoms with Crippen LogP contribution in [0.3, 0.4) is 0 Å². The number of methoxy groups -OCH3 is 2. The third kappa shape index (κ3) is 3.11. The molecule has 0 saturated heterocycles. The van der Waals surface area contributed by atoms with Gasteiger partial charge in [0.2, 0.25) is 0 Å². The van der Waals surface area contributed by atoms with Gasteiger partial charge in [0.05, 0.1) is 14.2 Å². The van der Waals surface area contributed by atoms with Crippen molar-refractivity contribution in [2.75, 3.05) is 25.3 Å². The maximum atomic E-state index is 5.70. The van der Waals surface area contributed by atoms with Crippen molar-refractivity contribution in [3.63, 3.8) is 0 Å². The number of aromatic nitrogens is 2. The molecule has 1 aromatic heterocycles. The Hall–Kier alpha value is -2.02. The molecule has 0 bridgehead atoms. The molecule has 3 N–H and O–H groups in total. The molecule has 1 heterocycles. The van der Waals surface area contributed by atoms with Crippen LogP contribution in [0.4, 0.5) is 11.6 Å². The zero-order valence-corrected chi connectivity index (χ0v) is 12.8. The Morgan fingerprint density at radius 2 is 2.05 bits per heavy atom. The molecule has 0 aliphatic heterocycles. The normalized spacial score (nSPS) is 10.2. The molecule has 0 fully saturated rings. The van der Waals surface area contributed by atoms with Crippen molar-refractivity contribution >= 4 is 27.6 Å². The minimum atomic E-state index is 0.393. The van der Waals surface area contributed by atoms with Crippen LogP contribution in [0.5, 0.6) is 11.5 Å². The SMILES string of the molecule is COc1ccc(CNc2ncnc(N)c2Br)c(OC)c1. The molecule has 0 amide bonds. The Kier molecular flexibility index (Phi) is 4.62. The second-order valence-corrected chi connectivity index (χ2v) is 4.75. The zero-order chi connectivity index (χ0) is 14.5. The molecule has 6 nitrogen and oxygen atoms in total. The van der Waals surface area contributed by atoms with Gasteiger partial charge in [-0.3, -0.25) is 0 Å². The number of nitrogen functional groups attached to an aromatic ring is 1. The summed E-state index contributed by atoms with van der Waals surface area (Å²) in [5, 5.41) is 3.18. The Labute approximate surface area is 125 Å². The van der Waals surface area contributed by atoms with Crippen molar-refractivity contribution in [1.82, 2.24) is 9.97 Å². The number of anilines is 2. The lowest BCUT2D eigenvalue weighted by atomic mass is 10.2. The van der Waals surface area contributed by atoms with Crippen molar-refractivity contribution in [1.29, 1.82) is 0 Å². The fourth-order valence-corrected chi connectivity index (χ4v) is 2.03. The molecule has 2 rings (SSSR count). The van der Waals surface area contributed by atoms with Crippen molar-refractivity contribution in [2.45, 2.75) is 6.54 Å². The first kappa shape index (κ1) is 14.4. The summed E-state index contributed by atoms with van der Waals surface area (Å²) < 4.78 is 11.2. The lowest BCUT2D eigenvalue weighted by Gasteiger charge is -2.12. The molecule has 0 unspecified atom stereocenters. The topological polar surface area (TPSA) is 82.3 Å². The van der Waals surface area contributed by atoms with Gasteiger partial charge in [-0.25, -0.2) is 9.97 Å². The van der Waals surface area contributed by atoms with Gasteiger partial charge < -0.3 is 20.5 Å². The maximum absolute atomic E-state index is 5.70. The minimum Gasteiger partial charge on any atom is -0.497 e. The molecule has 1 aromatic carbocycles. The molecule has 0 saturated carbocycles. The molecule has 7 heteroatoms. The number of halogens is 1. The van der Waals surface area contributed by atoms with Crippen LogP contribution in [0, 0.1) is 0 Å². The smallest absolute Gasteiger partial charge is 0.146 e. The molecule has 2 aromatic rings. The molecule has 0 radical (unpaired) electrons. The van der Waals surface area contributed by atoms with E-state index in [1.54, 1.807) is 14.2 Å². The van der Waals surface area contributed by atoms with Crippen molar-refractivity contribution < 1.29 is 9.47 Å². The average Bonchev–Trinajstić information content (AvgIpc) is 2.48. The van der Waals surface area contributed by atoms with E-state index in [9.17, 15) is 0 Å². The number of hydrogen-bond acceptors (Lipinski definition) is 6. The number of benzene rings is 1.